The lowest BCUT2D eigenvalue weighted by Gasteiger charge is -2.10. The van der Waals surface area contributed by atoms with E-state index in [0.29, 0.717) is 6.42 Å². The van der Waals surface area contributed by atoms with Gasteiger partial charge in [0.05, 0.1) is 24.2 Å². The number of aryl methyl sites for hydroxylation is 2. The van der Waals surface area contributed by atoms with E-state index in [-0.39, 0.29) is 12.4 Å². The molecule has 0 aliphatic heterocycles. The van der Waals surface area contributed by atoms with Crippen LogP contribution in [-0.4, -0.2) is 27.7 Å². The second kappa shape index (κ2) is 5.40. The fourth-order valence-electron chi connectivity index (χ4n) is 2.07. The van der Waals surface area contributed by atoms with Gasteiger partial charge in [0.1, 0.15) is 5.82 Å². The summed E-state index contributed by atoms with van der Waals surface area (Å²) in [7, 11) is 3.30. The molecule has 1 atom stereocenters. The zero-order chi connectivity index (χ0) is 14.0. The maximum Gasteiger partial charge on any atom is 0.305 e. The third-order valence-electron chi connectivity index (χ3n) is 3.36. The molecule has 0 saturated carbocycles. The Balaban J connectivity index is 2.18. The minimum atomic E-state index is -0.675. The van der Waals surface area contributed by atoms with Gasteiger partial charge in [0.2, 0.25) is 0 Å². The third kappa shape index (κ3) is 2.76. The van der Waals surface area contributed by atoms with Gasteiger partial charge in [-0.25, -0.2) is 4.98 Å². The van der Waals surface area contributed by atoms with Gasteiger partial charge < -0.3 is 14.4 Å². The van der Waals surface area contributed by atoms with Crippen molar-refractivity contribution in [2.24, 2.45) is 7.05 Å². The van der Waals surface area contributed by atoms with Crippen molar-refractivity contribution in [1.29, 1.82) is 0 Å². The van der Waals surface area contributed by atoms with Crippen LogP contribution in [0.25, 0.3) is 11.0 Å². The van der Waals surface area contributed by atoms with E-state index in [1.165, 1.54) is 7.11 Å². The number of methoxy groups -OCH3 is 1. The molecule has 0 aliphatic carbocycles. The quantitative estimate of drug-likeness (QED) is 0.854. The van der Waals surface area contributed by atoms with Crippen LogP contribution in [0.5, 0.6) is 0 Å². The van der Waals surface area contributed by atoms with Crippen molar-refractivity contribution >= 4 is 17.0 Å². The largest absolute Gasteiger partial charge is 0.469 e. The van der Waals surface area contributed by atoms with Crippen molar-refractivity contribution in [1.82, 2.24) is 9.55 Å². The number of ether oxygens (including phenoxy) is 1. The summed E-state index contributed by atoms with van der Waals surface area (Å²) < 4.78 is 6.56. The Morgan fingerprint density at radius 1 is 1.53 bits per heavy atom. The van der Waals surface area contributed by atoms with Crippen molar-refractivity contribution in [2.75, 3.05) is 7.11 Å². The molecule has 1 unspecified atom stereocenters. The molecule has 0 saturated heterocycles. The standard InChI is InChI=1S/C14H18N2O3/c1-9-15-11-8-10(4-5-12(11)16(9)2)13(17)6-7-14(18)19-3/h4-5,8,13,17H,6-7H2,1-3H3. The molecular formula is C14H18N2O3. The summed E-state index contributed by atoms with van der Waals surface area (Å²) in [6.07, 6.45) is -0.119. The fourth-order valence-corrected chi connectivity index (χ4v) is 2.07. The molecule has 0 bridgehead atoms. The molecule has 19 heavy (non-hydrogen) atoms. The van der Waals surface area contributed by atoms with Crippen LogP contribution in [0.2, 0.25) is 0 Å². The molecule has 1 N–H and O–H groups in total. The van der Waals surface area contributed by atoms with Gasteiger partial charge >= 0.3 is 5.97 Å². The number of nitrogens with zero attached hydrogens (tertiary/aromatic N) is 2. The number of hydrogen-bond donors (Lipinski definition) is 1. The first-order valence-corrected chi connectivity index (χ1v) is 6.20. The van der Waals surface area contributed by atoms with E-state index in [2.05, 4.69) is 9.72 Å². The van der Waals surface area contributed by atoms with E-state index < -0.39 is 6.10 Å². The van der Waals surface area contributed by atoms with Crippen LogP contribution in [-0.2, 0) is 16.6 Å². The molecule has 0 fully saturated rings. The molecule has 0 spiro atoms. The Hall–Kier alpha value is -1.88. The highest BCUT2D eigenvalue weighted by Crippen LogP contribution is 2.23. The van der Waals surface area contributed by atoms with Crippen LogP contribution in [0.15, 0.2) is 18.2 Å². The summed E-state index contributed by atoms with van der Waals surface area (Å²) >= 11 is 0. The first-order valence-electron chi connectivity index (χ1n) is 6.20. The number of hydrogen-bond acceptors (Lipinski definition) is 4. The number of esters is 1. The summed E-state index contributed by atoms with van der Waals surface area (Å²) in [6.45, 7) is 1.94. The highest BCUT2D eigenvalue weighted by atomic mass is 16.5. The Labute approximate surface area is 111 Å². The first-order chi connectivity index (χ1) is 9.02. The zero-order valence-corrected chi connectivity index (χ0v) is 11.4. The summed E-state index contributed by atoms with van der Waals surface area (Å²) in [5.74, 6) is 0.616. The predicted octanol–water partition coefficient (Wildman–Crippen LogP) is 1.87. The minimum absolute atomic E-state index is 0.205. The number of aromatic nitrogens is 2. The molecule has 102 valence electrons. The normalized spacial score (nSPS) is 12.6. The van der Waals surface area contributed by atoms with Gasteiger partial charge in [-0.2, -0.15) is 0 Å². The molecule has 2 rings (SSSR count). The summed E-state index contributed by atoms with van der Waals surface area (Å²) in [4.78, 5) is 15.5. The van der Waals surface area contributed by atoms with E-state index in [1.54, 1.807) is 0 Å². The van der Waals surface area contributed by atoms with E-state index in [0.717, 1.165) is 22.4 Å². The molecule has 1 aromatic carbocycles. The maximum absolute atomic E-state index is 11.1. The van der Waals surface area contributed by atoms with Crippen LogP contribution in [0.1, 0.15) is 30.3 Å². The average Bonchev–Trinajstić information content (AvgIpc) is 2.70. The van der Waals surface area contributed by atoms with E-state index in [4.69, 9.17) is 0 Å². The summed E-state index contributed by atoms with van der Waals surface area (Å²) in [5.41, 5.74) is 2.66. The second-order valence-corrected chi connectivity index (χ2v) is 4.60. The van der Waals surface area contributed by atoms with Crippen LogP contribution < -0.4 is 0 Å². The van der Waals surface area contributed by atoms with Crippen molar-refractivity contribution in [3.63, 3.8) is 0 Å². The molecule has 1 aromatic heterocycles. The van der Waals surface area contributed by atoms with Gasteiger partial charge in [0, 0.05) is 13.5 Å². The van der Waals surface area contributed by atoms with Crippen molar-refractivity contribution in [3.05, 3.63) is 29.6 Å². The number of rotatable bonds is 4. The molecule has 5 heteroatoms. The molecule has 0 aliphatic rings. The third-order valence-corrected chi connectivity index (χ3v) is 3.36. The Kier molecular flexibility index (Phi) is 3.85. The smallest absolute Gasteiger partial charge is 0.305 e. The van der Waals surface area contributed by atoms with Crippen molar-refractivity contribution in [3.8, 4) is 0 Å². The SMILES string of the molecule is COC(=O)CCC(O)c1ccc2c(c1)nc(C)n2C. The lowest BCUT2D eigenvalue weighted by atomic mass is 10.0. The molecule has 2 aromatic rings. The summed E-state index contributed by atoms with van der Waals surface area (Å²) in [5, 5.41) is 10.1. The molecule has 0 radical (unpaired) electrons. The van der Waals surface area contributed by atoms with Gasteiger partial charge in [-0.15, -0.1) is 0 Å². The van der Waals surface area contributed by atoms with Gasteiger partial charge in [-0.3, -0.25) is 4.79 Å². The van der Waals surface area contributed by atoms with E-state index >= 15 is 0 Å². The van der Waals surface area contributed by atoms with Gasteiger partial charge in [-0.05, 0) is 31.0 Å². The Morgan fingerprint density at radius 2 is 2.26 bits per heavy atom. The lowest BCUT2D eigenvalue weighted by molar-refractivity contribution is -0.141. The number of carbonyl (C=O) groups excluding carboxylic acids is 1. The Morgan fingerprint density at radius 3 is 2.95 bits per heavy atom. The second-order valence-electron chi connectivity index (χ2n) is 4.60. The number of benzene rings is 1. The fraction of sp³-hybridized carbons (Fsp3) is 0.429. The summed E-state index contributed by atoms with van der Waals surface area (Å²) in [6, 6.07) is 5.67. The number of fused-ring (bicyclic) bond motifs is 1. The van der Waals surface area contributed by atoms with Crippen LogP contribution >= 0.6 is 0 Å². The molecule has 5 nitrogen and oxygen atoms in total. The maximum atomic E-state index is 11.1. The topological polar surface area (TPSA) is 64.3 Å². The molecular weight excluding hydrogens is 244 g/mol. The van der Waals surface area contributed by atoms with E-state index in [1.807, 2.05) is 36.7 Å². The molecule has 0 amide bonds. The van der Waals surface area contributed by atoms with Crippen LogP contribution in [0, 0.1) is 6.92 Å². The van der Waals surface area contributed by atoms with E-state index in [9.17, 15) is 9.90 Å². The van der Waals surface area contributed by atoms with Crippen LogP contribution in [0.4, 0.5) is 0 Å². The van der Waals surface area contributed by atoms with Gasteiger partial charge in [-0.1, -0.05) is 6.07 Å². The number of aliphatic hydroxyl groups excluding tert-OH is 1. The number of carbonyl (C=O) groups is 1. The van der Waals surface area contributed by atoms with Gasteiger partial charge in [0.25, 0.3) is 0 Å². The Bertz CT molecular complexity index is 604. The number of imidazole rings is 1. The minimum Gasteiger partial charge on any atom is -0.469 e. The van der Waals surface area contributed by atoms with Gasteiger partial charge in [0.15, 0.2) is 0 Å². The van der Waals surface area contributed by atoms with Crippen LogP contribution in [0.3, 0.4) is 0 Å². The van der Waals surface area contributed by atoms with Crippen molar-refractivity contribution in [2.45, 2.75) is 25.9 Å². The van der Waals surface area contributed by atoms with Crippen molar-refractivity contribution < 1.29 is 14.6 Å². The molecule has 1 heterocycles. The lowest BCUT2D eigenvalue weighted by Crippen LogP contribution is -2.04. The average molecular weight is 262 g/mol. The zero-order valence-electron chi connectivity index (χ0n) is 11.4. The monoisotopic (exact) mass is 262 g/mol. The highest BCUT2D eigenvalue weighted by molar-refractivity contribution is 5.77. The highest BCUT2D eigenvalue weighted by Gasteiger charge is 2.13. The number of aliphatic hydroxyl groups is 1. The first kappa shape index (κ1) is 13.5. The predicted molar refractivity (Wildman–Crippen MR) is 71.7 cm³/mol.